The Morgan fingerprint density at radius 1 is 1.19 bits per heavy atom. The number of aryl methyl sites for hydroxylation is 1. The van der Waals surface area contributed by atoms with Gasteiger partial charge in [-0.1, -0.05) is 12.1 Å². The lowest BCUT2D eigenvalue weighted by atomic mass is 10.1. The first-order valence-electron chi connectivity index (χ1n) is 9.49. The van der Waals surface area contributed by atoms with Gasteiger partial charge in [0.15, 0.2) is 5.03 Å². The first-order valence-corrected chi connectivity index (χ1v) is 11.0. The van der Waals surface area contributed by atoms with Crippen LogP contribution in [0.25, 0.3) is 0 Å². The van der Waals surface area contributed by atoms with Gasteiger partial charge in [0, 0.05) is 19.3 Å². The van der Waals surface area contributed by atoms with E-state index in [2.05, 4.69) is 20.6 Å². The lowest BCUT2D eigenvalue weighted by Gasteiger charge is -2.35. The van der Waals surface area contributed by atoms with E-state index < -0.39 is 20.8 Å². The highest BCUT2D eigenvalue weighted by Gasteiger charge is 2.48. The molecule has 4 rings (SSSR count). The van der Waals surface area contributed by atoms with E-state index in [1.165, 1.54) is 49.7 Å². The number of methoxy groups -OCH3 is 2. The molecule has 3 aromatic rings. The number of rotatable bonds is 6. The van der Waals surface area contributed by atoms with Crippen molar-refractivity contribution >= 4 is 39.1 Å². The van der Waals surface area contributed by atoms with Crippen LogP contribution in [0.3, 0.4) is 0 Å². The predicted molar refractivity (Wildman–Crippen MR) is 119 cm³/mol. The molecule has 0 saturated heterocycles. The summed E-state index contributed by atoms with van der Waals surface area (Å²) in [5, 5.41) is 5.83. The molecule has 10 nitrogen and oxygen atoms in total. The molecule has 166 valence electrons. The Bertz CT molecular complexity index is 1320. The molecular weight excluding hydrogens is 434 g/mol. The molecule has 0 saturated carbocycles. The fourth-order valence-corrected chi connectivity index (χ4v) is 4.79. The second-order valence-corrected chi connectivity index (χ2v) is 9.11. The molecule has 11 heteroatoms. The van der Waals surface area contributed by atoms with Crippen LogP contribution in [0.1, 0.15) is 10.4 Å². The van der Waals surface area contributed by atoms with Crippen LogP contribution in [0.4, 0.5) is 17.1 Å². The van der Waals surface area contributed by atoms with Gasteiger partial charge in [-0.25, -0.2) is 18.2 Å². The summed E-state index contributed by atoms with van der Waals surface area (Å²) in [5.74, 6) is -0.229. The van der Waals surface area contributed by atoms with Crippen LogP contribution in [0.15, 0.2) is 65.0 Å². The first-order chi connectivity index (χ1) is 15.3. The molecule has 1 aliphatic rings. The quantitative estimate of drug-likeness (QED) is 0.544. The molecule has 1 aromatic heterocycles. The average Bonchev–Trinajstić information content (AvgIpc) is 3.25. The number of hydrogen-bond acceptors (Lipinski definition) is 9. The second-order valence-electron chi connectivity index (χ2n) is 7.04. The Balaban J connectivity index is 1.90. The van der Waals surface area contributed by atoms with Crippen LogP contribution in [0.5, 0.6) is 5.75 Å². The van der Waals surface area contributed by atoms with Gasteiger partial charge in [0.2, 0.25) is 9.84 Å². The number of imidazole rings is 1. The lowest BCUT2D eigenvalue weighted by Crippen LogP contribution is -2.55. The monoisotopic (exact) mass is 455 g/mol. The predicted octanol–water partition coefficient (Wildman–Crippen LogP) is 2.58. The molecule has 0 fully saturated rings. The van der Waals surface area contributed by atoms with Gasteiger partial charge < -0.3 is 24.7 Å². The van der Waals surface area contributed by atoms with Gasteiger partial charge >= 0.3 is 5.97 Å². The van der Waals surface area contributed by atoms with Crippen molar-refractivity contribution in [2.75, 3.05) is 24.9 Å². The van der Waals surface area contributed by atoms with E-state index in [0.717, 1.165) is 0 Å². The van der Waals surface area contributed by atoms with Gasteiger partial charge in [0.25, 0.3) is 4.99 Å². The first kappa shape index (κ1) is 21.4. The molecule has 0 amide bonds. The van der Waals surface area contributed by atoms with E-state index in [9.17, 15) is 13.2 Å². The highest BCUT2D eigenvalue weighted by molar-refractivity contribution is 7.93. The highest BCUT2D eigenvalue weighted by Crippen LogP contribution is 2.37. The Morgan fingerprint density at radius 3 is 2.66 bits per heavy atom. The summed E-state index contributed by atoms with van der Waals surface area (Å²) >= 11 is 0. The van der Waals surface area contributed by atoms with Crippen molar-refractivity contribution in [2.45, 2.75) is 10.0 Å². The third-order valence-electron chi connectivity index (χ3n) is 4.94. The minimum Gasteiger partial charge on any atom is -0.497 e. The Hall–Kier alpha value is -3.86. The van der Waals surface area contributed by atoms with Gasteiger partial charge in [-0.2, -0.15) is 0 Å². The second kappa shape index (κ2) is 8.00. The molecule has 0 bridgehead atoms. The molecular formula is C21H21N5O5S. The van der Waals surface area contributed by atoms with Crippen molar-refractivity contribution in [3.8, 4) is 5.75 Å². The minimum atomic E-state index is -4.21. The molecule has 2 aromatic carbocycles. The summed E-state index contributed by atoms with van der Waals surface area (Å²) < 4.78 is 39.3. The number of hydrogen-bond donors (Lipinski definition) is 2. The number of aliphatic imine (C=N–C) groups is 1. The molecule has 2 N–H and O–H groups in total. The number of aromatic nitrogens is 2. The smallest absolute Gasteiger partial charge is 0.339 e. The molecule has 1 unspecified atom stereocenters. The largest absolute Gasteiger partial charge is 0.497 e. The van der Waals surface area contributed by atoms with Crippen LogP contribution in [0, 0.1) is 0 Å². The number of benzene rings is 2. The Kier molecular flexibility index (Phi) is 5.35. The summed E-state index contributed by atoms with van der Waals surface area (Å²) in [5.41, 5.74) is 1.36. The number of carbonyl (C=O) groups is 1. The summed E-state index contributed by atoms with van der Waals surface area (Å²) in [6, 6.07) is 11.6. The molecule has 0 radical (unpaired) electrons. The lowest BCUT2D eigenvalue weighted by molar-refractivity contribution is 0.0601. The average molecular weight is 455 g/mol. The van der Waals surface area contributed by atoms with Gasteiger partial charge in [-0.05, 0) is 24.3 Å². The van der Waals surface area contributed by atoms with Crippen molar-refractivity contribution in [2.24, 2.45) is 12.0 Å². The van der Waals surface area contributed by atoms with Crippen LogP contribution in [-0.4, -0.2) is 49.4 Å². The fourth-order valence-electron chi connectivity index (χ4n) is 3.29. The van der Waals surface area contributed by atoms with E-state index in [0.29, 0.717) is 17.1 Å². The number of sulfone groups is 1. The van der Waals surface area contributed by atoms with Crippen molar-refractivity contribution in [1.82, 2.24) is 9.55 Å². The van der Waals surface area contributed by atoms with Crippen LogP contribution in [0.2, 0.25) is 0 Å². The molecule has 32 heavy (non-hydrogen) atoms. The standard InChI is InChI=1S/C21H21N5O5S/c1-26-11-19(23-13-26)32(28,29)21(12-22-16-6-4-5-7-17(16)24-21)25-18-10-14(30-2)8-9-15(18)20(27)31-3/h4-13,24-25H,1-3H3. The van der Waals surface area contributed by atoms with Crippen molar-refractivity contribution < 1.29 is 22.7 Å². The van der Waals surface area contributed by atoms with Gasteiger partial charge in [0.05, 0.1) is 49.4 Å². The molecule has 1 aliphatic heterocycles. The zero-order valence-electron chi connectivity index (χ0n) is 17.6. The number of nitrogens with zero attached hydrogens (tertiary/aromatic N) is 3. The number of fused-ring (bicyclic) bond motifs is 1. The third kappa shape index (κ3) is 3.56. The number of anilines is 2. The van der Waals surface area contributed by atoms with E-state index in [1.807, 2.05) is 0 Å². The summed E-state index contributed by atoms with van der Waals surface area (Å²) in [4.78, 5) is 18.8. The Labute approximate surface area is 184 Å². The van der Waals surface area contributed by atoms with E-state index in [4.69, 9.17) is 9.47 Å². The highest BCUT2D eigenvalue weighted by atomic mass is 32.2. The SMILES string of the molecule is COC(=O)c1ccc(OC)cc1NC1(S(=O)(=O)c2cn(C)cn2)C=Nc2ccccc2N1. The summed E-state index contributed by atoms with van der Waals surface area (Å²) in [6.45, 7) is 0. The maximum atomic E-state index is 13.8. The number of carbonyl (C=O) groups excluding carboxylic acids is 1. The maximum Gasteiger partial charge on any atom is 0.339 e. The van der Waals surface area contributed by atoms with Gasteiger partial charge in [0.1, 0.15) is 5.75 Å². The minimum absolute atomic E-state index is 0.123. The topological polar surface area (TPSA) is 124 Å². The van der Waals surface area contributed by atoms with E-state index in [-0.39, 0.29) is 16.3 Å². The fraction of sp³-hybridized carbons (Fsp3) is 0.190. The van der Waals surface area contributed by atoms with E-state index >= 15 is 0 Å². The molecule has 1 atom stereocenters. The molecule has 0 aliphatic carbocycles. The van der Waals surface area contributed by atoms with Crippen molar-refractivity contribution in [3.63, 3.8) is 0 Å². The zero-order chi connectivity index (χ0) is 22.9. The summed E-state index contributed by atoms with van der Waals surface area (Å²) in [6.07, 6.45) is 4.03. The maximum absolute atomic E-state index is 13.8. The Morgan fingerprint density at radius 2 is 1.97 bits per heavy atom. The zero-order valence-corrected chi connectivity index (χ0v) is 18.4. The van der Waals surface area contributed by atoms with Gasteiger partial charge in [-0.15, -0.1) is 0 Å². The van der Waals surface area contributed by atoms with Crippen molar-refractivity contribution in [1.29, 1.82) is 0 Å². The van der Waals surface area contributed by atoms with Crippen molar-refractivity contribution in [3.05, 3.63) is 60.6 Å². The van der Waals surface area contributed by atoms with Gasteiger partial charge in [-0.3, -0.25) is 4.99 Å². The summed E-state index contributed by atoms with van der Waals surface area (Å²) in [7, 11) is 0.169. The van der Waals surface area contributed by atoms with Crippen LogP contribution in [-0.2, 0) is 21.6 Å². The molecule has 2 heterocycles. The number of ether oxygens (including phenoxy) is 2. The third-order valence-corrected chi connectivity index (χ3v) is 6.86. The normalized spacial score (nSPS) is 17.2. The van der Waals surface area contributed by atoms with Crippen LogP contribution >= 0.6 is 0 Å². The van der Waals surface area contributed by atoms with E-state index in [1.54, 1.807) is 37.4 Å². The molecule has 0 spiro atoms. The number of para-hydroxylation sites is 2. The number of nitrogens with one attached hydrogen (secondary N) is 2. The number of esters is 1. The van der Waals surface area contributed by atoms with Crippen LogP contribution < -0.4 is 15.4 Å².